The third-order valence-electron chi connectivity index (χ3n) is 6.07. The second-order valence-corrected chi connectivity index (χ2v) is 7.92. The van der Waals surface area contributed by atoms with Crippen molar-refractivity contribution < 1.29 is 23.9 Å². The van der Waals surface area contributed by atoms with Crippen LogP contribution in [0.2, 0.25) is 0 Å². The van der Waals surface area contributed by atoms with Gasteiger partial charge in [0, 0.05) is 6.04 Å². The van der Waals surface area contributed by atoms with Gasteiger partial charge in [0.05, 0.1) is 11.8 Å². The molecule has 0 bridgehead atoms. The molecular weight excluding hydrogens is 348 g/mol. The predicted octanol–water partition coefficient (Wildman–Crippen LogP) is 1.56. The lowest BCUT2D eigenvalue weighted by Crippen LogP contribution is -2.46. The van der Waals surface area contributed by atoms with Crippen molar-refractivity contribution in [1.29, 1.82) is 0 Å². The van der Waals surface area contributed by atoms with Crippen molar-refractivity contribution >= 4 is 23.7 Å². The van der Waals surface area contributed by atoms with Crippen LogP contribution in [0.3, 0.4) is 0 Å². The van der Waals surface area contributed by atoms with Gasteiger partial charge >= 0.3 is 5.97 Å². The van der Waals surface area contributed by atoms with E-state index in [1.165, 1.54) is 13.3 Å². The molecule has 3 amide bonds. The van der Waals surface area contributed by atoms with Crippen LogP contribution < -0.4 is 5.32 Å². The molecule has 0 radical (unpaired) electrons. The van der Waals surface area contributed by atoms with Crippen molar-refractivity contribution in [1.82, 2.24) is 10.2 Å². The number of hydrogen-bond acceptors (Lipinski definition) is 5. The number of nitrogens with zero attached hydrogens (tertiary/aromatic N) is 1. The average Bonchev–Trinajstić information content (AvgIpc) is 2.92. The molecule has 2 aliphatic carbocycles. The molecule has 1 saturated heterocycles. The molecule has 2 fully saturated rings. The van der Waals surface area contributed by atoms with Crippen LogP contribution in [-0.4, -0.2) is 47.3 Å². The first-order valence-electron chi connectivity index (χ1n) is 9.88. The third kappa shape index (κ3) is 4.06. The van der Waals surface area contributed by atoms with Crippen molar-refractivity contribution in [3.05, 3.63) is 12.2 Å². The summed E-state index contributed by atoms with van der Waals surface area (Å²) in [5, 5.41) is 2.92. The quantitative estimate of drug-likeness (QED) is 0.447. The Morgan fingerprint density at radius 1 is 1.15 bits per heavy atom. The molecule has 0 unspecified atom stereocenters. The molecule has 0 aromatic heterocycles. The second kappa shape index (κ2) is 8.23. The minimum absolute atomic E-state index is 0.111. The van der Waals surface area contributed by atoms with Gasteiger partial charge in [-0.1, -0.05) is 31.9 Å². The summed E-state index contributed by atoms with van der Waals surface area (Å²) in [6.45, 7) is 3.19. The lowest BCUT2D eigenvalue weighted by Gasteiger charge is -2.29. The smallest absolute Gasteiger partial charge is 0.329 e. The number of rotatable bonds is 5. The number of amides is 3. The Bertz CT molecular complexity index is 633. The number of allylic oxidation sites excluding steroid dienone is 2. The first-order chi connectivity index (χ1) is 12.9. The highest BCUT2D eigenvalue weighted by atomic mass is 16.5. The van der Waals surface area contributed by atoms with Gasteiger partial charge in [0.1, 0.15) is 6.04 Å². The molecule has 0 aromatic carbocycles. The van der Waals surface area contributed by atoms with E-state index in [2.05, 4.69) is 12.2 Å². The summed E-state index contributed by atoms with van der Waals surface area (Å²) < 4.78 is 5.09. The molecule has 1 heterocycles. The SMILES string of the molecule is C[C@H]1CCCC[C@@H]1NC(=O)COC(=O)[C@H](C)N1C(=O)[C@H]2CC=CC[C@H]2C1=O. The molecule has 0 aromatic rings. The fourth-order valence-corrected chi connectivity index (χ4v) is 4.35. The molecule has 1 aliphatic heterocycles. The van der Waals surface area contributed by atoms with Crippen molar-refractivity contribution in [3.8, 4) is 0 Å². The van der Waals surface area contributed by atoms with E-state index in [1.54, 1.807) is 0 Å². The molecule has 7 nitrogen and oxygen atoms in total. The van der Waals surface area contributed by atoms with E-state index < -0.39 is 18.6 Å². The van der Waals surface area contributed by atoms with E-state index in [4.69, 9.17) is 4.74 Å². The van der Waals surface area contributed by atoms with Crippen LogP contribution in [0, 0.1) is 17.8 Å². The first kappa shape index (κ1) is 19.6. The number of fused-ring (bicyclic) bond motifs is 1. The molecule has 1 N–H and O–H groups in total. The van der Waals surface area contributed by atoms with Gasteiger partial charge < -0.3 is 10.1 Å². The van der Waals surface area contributed by atoms with Gasteiger partial charge in [0.25, 0.3) is 5.91 Å². The number of esters is 1. The third-order valence-corrected chi connectivity index (χ3v) is 6.07. The first-order valence-corrected chi connectivity index (χ1v) is 9.88. The number of hydrogen-bond donors (Lipinski definition) is 1. The summed E-state index contributed by atoms with van der Waals surface area (Å²) in [6, 6.07) is -0.906. The molecule has 148 valence electrons. The zero-order chi connectivity index (χ0) is 19.6. The van der Waals surface area contributed by atoms with Gasteiger partial charge in [-0.05, 0) is 38.5 Å². The van der Waals surface area contributed by atoms with E-state index in [0.717, 1.165) is 24.2 Å². The molecule has 3 rings (SSSR count). The monoisotopic (exact) mass is 376 g/mol. The van der Waals surface area contributed by atoms with Gasteiger partial charge in [-0.2, -0.15) is 0 Å². The molecule has 5 atom stereocenters. The normalized spacial score (nSPS) is 31.4. The maximum Gasteiger partial charge on any atom is 0.329 e. The van der Waals surface area contributed by atoms with Crippen LogP contribution in [0.15, 0.2) is 12.2 Å². The summed E-state index contributed by atoms with van der Waals surface area (Å²) >= 11 is 0. The van der Waals surface area contributed by atoms with Crippen LogP contribution in [0.4, 0.5) is 0 Å². The van der Waals surface area contributed by atoms with Crippen LogP contribution in [0.1, 0.15) is 52.4 Å². The van der Waals surface area contributed by atoms with Gasteiger partial charge in [-0.3, -0.25) is 19.3 Å². The van der Waals surface area contributed by atoms with E-state index in [1.807, 2.05) is 12.2 Å². The zero-order valence-electron chi connectivity index (χ0n) is 16.0. The Morgan fingerprint density at radius 3 is 2.33 bits per heavy atom. The van der Waals surface area contributed by atoms with Crippen molar-refractivity contribution in [2.45, 2.75) is 64.5 Å². The summed E-state index contributed by atoms with van der Waals surface area (Å²) in [4.78, 5) is 50.5. The summed E-state index contributed by atoms with van der Waals surface area (Å²) in [7, 11) is 0. The van der Waals surface area contributed by atoms with Gasteiger partial charge in [0.2, 0.25) is 11.8 Å². The Balaban J connectivity index is 1.51. The molecule has 7 heteroatoms. The van der Waals surface area contributed by atoms with Gasteiger partial charge in [0.15, 0.2) is 6.61 Å². The zero-order valence-corrected chi connectivity index (χ0v) is 16.0. The topological polar surface area (TPSA) is 92.8 Å². The van der Waals surface area contributed by atoms with Gasteiger partial charge in [-0.15, -0.1) is 0 Å². The van der Waals surface area contributed by atoms with Crippen LogP contribution >= 0.6 is 0 Å². The number of carbonyl (C=O) groups is 4. The Labute approximate surface area is 159 Å². The Morgan fingerprint density at radius 2 is 1.74 bits per heavy atom. The summed E-state index contributed by atoms with van der Waals surface area (Å²) in [5.41, 5.74) is 0. The summed E-state index contributed by atoms with van der Waals surface area (Å²) in [5.74, 6) is -2.06. The number of carbonyl (C=O) groups excluding carboxylic acids is 4. The van der Waals surface area contributed by atoms with E-state index >= 15 is 0 Å². The Kier molecular flexibility index (Phi) is 5.97. The van der Waals surface area contributed by atoms with Crippen LogP contribution in [0.25, 0.3) is 0 Å². The van der Waals surface area contributed by atoms with Crippen molar-refractivity contribution in [3.63, 3.8) is 0 Å². The minimum atomic E-state index is -1.02. The van der Waals surface area contributed by atoms with Crippen LogP contribution in [-0.2, 0) is 23.9 Å². The lowest BCUT2D eigenvalue weighted by molar-refractivity contribution is -0.159. The fraction of sp³-hybridized carbons (Fsp3) is 0.700. The summed E-state index contributed by atoms with van der Waals surface area (Å²) in [6.07, 6.45) is 9.12. The van der Waals surface area contributed by atoms with Crippen molar-refractivity contribution in [2.24, 2.45) is 17.8 Å². The average molecular weight is 376 g/mol. The fourth-order valence-electron chi connectivity index (χ4n) is 4.35. The second-order valence-electron chi connectivity index (χ2n) is 7.92. The van der Waals surface area contributed by atoms with Crippen LogP contribution in [0.5, 0.6) is 0 Å². The predicted molar refractivity (Wildman–Crippen MR) is 97.2 cm³/mol. The van der Waals surface area contributed by atoms with E-state index in [0.29, 0.717) is 18.8 Å². The molecule has 3 aliphatic rings. The highest BCUT2D eigenvalue weighted by Gasteiger charge is 2.50. The molecular formula is C20H28N2O5. The largest absolute Gasteiger partial charge is 0.454 e. The van der Waals surface area contributed by atoms with Gasteiger partial charge in [-0.25, -0.2) is 4.79 Å². The van der Waals surface area contributed by atoms with E-state index in [9.17, 15) is 19.2 Å². The van der Waals surface area contributed by atoms with E-state index in [-0.39, 0.29) is 35.6 Å². The number of ether oxygens (including phenoxy) is 1. The molecule has 27 heavy (non-hydrogen) atoms. The Hall–Kier alpha value is -2.18. The lowest BCUT2D eigenvalue weighted by atomic mass is 9.85. The number of imide groups is 1. The minimum Gasteiger partial charge on any atom is -0.454 e. The highest BCUT2D eigenvalue weighted by molar-refractivity contribution is 6.08. The number of nitrogens with one attached hydrogen (secondary N) is 1. The number of likely N-dealkylation sites (tertiary alicyclic amines) is 1. The molecule has 0 spiro atoms. The molecule has 1 saturated carbocycles. The maximum atomic E-state index is 12.5. The maximum absolute atomic E-state index is 12.5. The van der Waals surface area contributed by atoms with Crippen molar-refractivity contribution in [2.75, 3.05) is 6.61 Å². The standard InChI is InChI=1S/C20H28N2O5/c1-12-7-3-6-10-16(12)21-17(23)11-27-20(26)13(2)22-18(24)14-8-4-5-9-15(14)19(22)25/h4-5,12-16H,3,6-11H2,1-2H3,(H,21,23)/t12-,13-,14-,15+,16-/m0/s1. The highest BCUT2D eigenvalue weighted by Crippen LogP contribution is 2.36.